The molecule has 0 aromatic heterocycles. The number of hydrogen-bond acceptors (Lipinski definition) is 3. The van der Waals surface area contributed by atoms with Gasteiger partial charge in [-0.25, -0.2) is 4.79 Å². The van der Waals surface area contributed by atoms with Crippen molar-refractivity contribution in [1.29, 1.82) is 0 Å². The zero-order valence-corrected chi connectivity index (χ0v) is 14.4. The Morgan fingerprint density at radius 2 is 1.96 bits per heavy atom. The van der Waals surface area contributed by atoms with Gasteiger partial charge in [0.25, 0.3) is 0 Å². The molecule has 4 nitrogen and oxygen atoms in total. The highest BCUT2D eigenvalue weighted by Crippen LogP contribution is 2.35. The van der Waals surface area contributed by atoms with Crippen molar-refractivity contribution in [3.8, 4) is 5.75 Å². The van der Waals surface area contributed by atoms with Gasteiger partial charge in [-0.05, 0) is 44.9 Å². The standard InChI is InChI=1S/C16H19ClF3NO3/c1-15(2,3)24-14(22)21-7-6-10(9-21)12-5-4-11(8-13(12)17)23-16(18,19)20/h4-5,8,10H,6-7,9H2,1-3H3. The fraction of sp³-hybridized carbons (Fsp3) is 0.562. The van der Waals surface area contributed by atoms with Crippen LogP contribution in [0.4, 0.5) is 18.0 Å². The van der Waals surface area contributed by atoms with Crippen molar-refractivity contribution in [2.24, 2.45) is 0 Å². The Labute approximate surface area is 143 Å². The minimum absolute atomic E-state index is 0.0510. The second-order valence-electron chi connectivity index (χ2n) is 6.64. The summed E-state index contributed by atoms with van der Waals surface area (Å²) >= 11 is 6.09. The van der Waals surface area contributed by atoms with Crippen LogP contribution in [0.1, 0.15) is 38.7 Å². The van der Waals surface area contributed by atoms with Crippen LogP contribution in [-0.4, -0.2) is 36.0 Å². The third kappa shape index (κ3) is 5.19. The van der Waals surface area contributed by atoms with Gasteiger partial charge in [-0.2, -0.15) is 0 Å². The first-order valence-electron chi connectivity index (χ1n) is 7.48. The maximum Gasteiger partial charge on any atom is 0.573 e. The van der Waals surface area contributed by atoms with E-state index in [1.165, 1.54) is 12.1 Å². The Morgan fingerprint density at radius 1 is 1.29 bits per heavy atom. The average molecular weight is 366 g/mol. The van der Waals surface area contributed by atoms with Gasteiger partial charge in [0.2, 0.25) is 0 Å². The molecule has 0 saturated carbocycles. The number of rotatable bonds is 2. The molecule has 1 unspecified atom stereocenters. The molecule has 1 saturated heterocycles. The molecule has 1 aliphatic rings. The van der Waals surface area contributed by atoms with Crippen LogP contribution >= 0.6 is 11.6 Å². The number of benzene rings is 1. The van der Waals surface area contributed by atoms with Crippen LogP contribution in [0.3, 0.4) is 0 Å². The first-order chi connectivity index (χ1) is 10.9. The second kappa shape index (κ2) is 6.70. The first kappa shape index (κ1) is 18.7. The lowest BCUT2D eigenvalue weighted by Crippen LogP contribution is -2.35. The van der Waals surface area contributed by atoms with Gasteiger partial charge in [-0.15, -0.1) is 13.2 Å². The molecule has 0 N–H and O–H groups in total. The summed E-state index contributed by atoms with van der Waals surface area (Å²) in [5.74, 6) is -0.414. The fourth-order valence-electron chi connectivity index (χ4n) is 2.54. The molecule has 24 heavy (non-hydrogen) atoms. The average Bonchev–Trinajstić information content (AvgIpc) is 2.84. The van der Waals surface area contributed by atoms with E-state index in [-0.39, 0.29) is 16.7 Å². The molecule has 0 aliphatic carbocycles. The monoisotopic (exact) mass is 365 g/mol. The quantitative estimate of drug-likeness (QED) is 0.743. The first-order valence-corrected chi connectivity index (χ1v) is 7.85. The van der Waals surface area contributed by atoms with Crippen LogP contribution in [-0.2, 0) is 4.74 Å². The molecule has 8 heteroatoms. The number of halogens is 4. The van der Waals surface area contributed by atoms with Crippen molar-refractivity contribution in [3.05, 3.63) is 28.8 Å². The Hall–Kier alpha value is -1.63. The van der Waals surface area contributed by atoms with Crippen LogP contribution in [0.2, 0.25) is 5.02 Å². The van der Waals surface area contributed by atoms with E-state index in [2.05, 4.69) is 4.74 Å². The van der Waals surface area contributed by atoms with Gasteiger partial charge in [0.05, 0.1) is 0 Å². The van der Waals surface area contributed by atoms with E-state index < -0.39 is 18.1 Å². The predicted octanol–water partition coefficient (Wildman–Crippen LogP) is 4.96. The SMILES string of the molecule is CC(C)(C)OC(=O)N1CCC(c2ccc(OC(F)(F)F)cc2Cl)C1. The van der Waals surface area contributed by atoms with Crippen LogP contribution in [0, 0.1) is 0 Å². The minimum atomic E-state index is -4.76. The lowest BCUT2D eigenvalue weighted by Gasteiger charge is -2.24. The summed E-state index contributed by atoms with van der Waals surface area (Å²) in [6, 6.07) is 3.87. The van der Waals surface area contributed by atoms with E-state index in [0.29, 0.717) is 25.1 Å². The van der Waals surface area contributed by atoms with Crippen LogP contribution in [0.25, 0.3) is 0 Å². The molecule has 1 aromatic carbocycles. The van der Waals surface area contributed by atoms with Crippen molar-refractivity contribution in [2.45, 2.75) is 45.1 Å². The number of nitrogens with zero attached hydrogens (tertiary/aromatic N) is 1. The topological polar surface area (TPSA) is 38.8 Å². The van der Waals surface area contributed by atoms with E-state index in [1.807, 2.05) is 0 Å². The van der Waals surface area contributed by atoms with Gasteiger partial charge < -0.3 is 14.4 Å². The Kier molecular flexibility index (Phi) is 5.22. The van der Waals surface area contributed by atoms with Crippen molar-refractivity contribution in [3.63, 3.8) is 0 Å². The molecule has 0 radical (unpaired) electrons. The third-order valence-electron chi connectivity index (χ3n) is 3.49. The number of amides is 1. The van der Waals surface area contributed by atoms with Crippen LogP contribution in [0.15, 0.2) is 18.2 Å². The van der Waals surface area contributed by atoms with Crippen LogP contribution in [0.5, 0.6) is 5.75 Å². The molecule has 134 valence electrons. The molecule has 1 heterocycles. The van der Waals surface area contributed by atoms with E-state index in [0.717, 1.165) is 6.07 Å². The number of hydrogen-bond donors (Lipinski definition) is 0. The third-order valence-corrected chi connectivity index (χ3v) is 3.81. The predicted molar refractivity (Wildman–Crippen MR) is 83.3 cm³/mol. The summed E-state index contributed by atoms with van der Waals surface area (Å²) in [6.45, 7) is 6.28. The zero-order chi connectivity index (χ0) is 18.1. The Morgan fingerprint density at radius 3 is 2.50 bits per heavy atom. The van der Waals surface area contributed by atoms with Crippen molar-refractivity contribution >= 4 is 17.7 Å². The maximum absolute atomic E-state index is 12.2. The highest BCUT2D eigenvalue weighted by molar-refractivity contribution is 6.31. The summed E-state index contributed by atoms with van der Waals surface area (Å²) in [7, 11) is 0. The molecule has 1 atom stereocenters. The number of alkyl halides is 3. The molecule has 2 rings (SSSR count). The molecular weight excluding hydrogens is 347 g/mol. The van der Waals surface area contributed by atoms with Crippen molar-refractivity contribution in [1.82, 2.24) is 4.90 Å². The van der Waals surface area contributed by atoms with Gasteiger partial charge in [0.1, 0.15) is 11.4 Å². The van der Waals surface area contributed by atoms with E-state index in [9.17, 15) is 18.0 Å². The number of ether oxygens (including phenoxy) is 2. The Bertz CT molecular complexity index is 614. The molecule has 1 aliphatic heterocycles. The van der Waals surface area contributed by atoms with Gasteiger partial charge >= 0.3 is 12.5 Å². The molecule has 1 fully saturated rings. The van der Waals surface area contributed by atoms with E-state index in [4.69, 9.17) is 16.3 Å². The zero-order valence-electron chi connectivity index (χ0n) is 13.6. The summed E-state index contributed by atoms with van der Waals surface area (Å²) < 4.78 is 45.8. The highest BCUT2D eigenvalue weighted by Gasteiger charge is 2.33. The Balaban J connectivity index is 2.04. The van der Waals surface area contributed by atoms with Gasteiger partial charge in [-0.3, -0.25) is 0 Å². The maximum atomic E-state index is 12.2. The second-order valence-corrected chi connectivity index (χ2v) is 7.05. The number of likely N-dealkylation sites (tertiary alicyclic amines) is 1. The molecular formula is C16H19ClF3NO3. The summed E-state index contributed by atoms with van der Waals surface area (Å²) in [6.07, 6.45) is -4.50. The number of carbonyl (C=O) groups is 1. The van der Waals surface area contributed by atoms with Crippen molar-refractivity contribution in [2.75, 3.05) is 13.1 Å². The number of carbonyl (C=O) groups excluding carboxylic acids is 1. The van der Waals surface area contributed by atoms with Crippen LogP contribution < -0.4 is 4.74 Å². The molecule has 0 spiro atoms. The van der Waals surface area contributed by atoms with E-state index >= 15 is 0 Å². The smallest absolute Gasteiger partial charge is 0.444 e. The lowest BCUT2D eigenvalue weighted by atomic mass is 9.98. The van der Waals surface area contributed by atoms with E-state index in [1.54, 1.807) is 25.7 Å². The molecule has 0 bridgehead atoms. The summed E-state index contributed by atoms with van der Waals surface area (Å²) in [4.78, 5) is 13.6. The minimum Gasteiger partial charge on any atom is -0.444 e. The molecule has 1 amide bonds. The summed E-state index contributed by atoms with van der Waals surface area (Å²) in [5, 5.41) is 0.188. The van der Waals surface area contributed by atoms with Crippen molar-refractivity contribution < 1.29 is 27.4 Å². The van der Waals surface area contributed by atoms with Gasteiger partial charge in [0.15, 0.2) is 0 Å². The fourth-order valence-corrected chi connectivity index (χ4v) is 2.87. The normalized spacial score (nSPS) is 18.6. The highest BCUT2D eigenvalue weighted by atomic mass is 35.5. The largest absolute Gasteiger partial charge is 0.573 e. The van der Waals surface area contributed by atoms with Gasteiger partial charge in [0, 0.05) is 24.0 Å². The lowest BCUT2D eigenvalue weighted by molar-refractivity contribution is -0.274. The van der Waals surface area contributed by atoms with Gasteiger partial charge in [-0.1, -0.05) is 17.7 Å². The summed E-state index contributed by atoms with van der Waals surface area (Å²) in [5.41, 5.74) is 0.112. The molecule has 1 aromatic rings.